The largest absolute Gasteiger partial charge is 0.329 e. The first-order valence-corrected chi connectivity index (χ1v) is 7.18. The molecule has 0 aromatic heterocycles. The smallest absolute Gasteiger partial charge is 0.303 e. The van der Waals surface area contributed by atoms with Gasteiger partial charge in [0.15, 0.2) is 0 Å². The van der Waals surface area contributed by atoms with Crippen LogP contribution < -0.4 is 5.32 Å². The molecule has 5 heteroatoms. The lowest BCUT2D eigenvalue weighted by Crippen LogP contribution is -2.30. The first kappa shape index (κ1) is 15.0. The second-order valence-electron chi connectivity index (χ2n) is 5.42. The van der Waals surface area contributed by atoms with E-state index in [0.29, 0.717) is 5.56 Å². The summed E-state index contributed by atoms with van der Waals surface area (Å²) in [6.07, 6.45) is 1.54. The van der Waals surface area contributed by atoms with Crippen LogP contribution in [0.15, 0.2) is 54.2 Å². The van der Waals surface area contributed by atoms with Gasteiger partial charge in [-0.2, -0.15) is 0 Å². The van der Waals surface area contributed by atoms with Crippen molar-refractivity contribution in [2.24, 2.45) is 0 Å². The Balaban J connectivity index is 1.79. The third-order valence-electron chi connectivity index (χ3n) is 3.60. The molecule has 1 aliphatic rings. The lowest BCUT2D eigenvalue weighted by Gasteiger charge is -2.11. The monoisotopic (exact) mass is 310 g/mol. The molecule has 3 amide bonds. The van der Waals surface area contributed by atoms with Crippen LogP contribution in [0.4, 0.5) is 9.18 Å². The number of nitrogens with one attached hydrogen (secondary N) is 1. The molecule has 1 aliphatic heterocycles. The molecule has 3 rings (SSSR count). The SMILES string of the molecule is Cc1ccc(CN2C(=O)N/C(=C/c3ccc(F)cc3)C2=O)cc1. The molecule has 0 bridgehead atoms. The minimum atomic E-state index is -0.455. The molecule has 0 radical (unpaired) electrons. The topological polar surface area (TPSA) is 49.4 Å². The number of halogens is 1. The average Bonchev–Trinajstić information content (AvgIpc) is 2.79. The normalized spacial score (nSPS) is 16.1. The summed E-state index contributed by atoms with van der Waals surface area (Å²) in [5, 5.41) is 2.55. The third-order valence-corrected chi connectivity index (χ3v) is 3.60. The lowest BCUT2D eigenvalue weighted by molar-refractivity contribution is -0.123. The molecule has 0 spiro atoms. The third kappa shape index (κ3) is 3.29. The maximum absolute atomic E-state index is 12.9. The Labute approximate surface area is 133 Å². The van der Waals surface area contributed by atoms with Gasteiger partial charge in [0.1, 0.15) is 11.5 Å². The van der Waals surface area contributed by atoms with Gasteiger partial charge in [-0.1, -0.05) is 42.0 Å². The van der Waals surface area contributed by atoms with Crippen molar-refractivity contribution in [3.8, 4) is 0 Å². The fourth-order valence-corrected chi connectivity index (χ4v) is 2.32. The summed E-state index contributed by atoms with van der Waals surface area (Å²) in [6.45, 7) is 2.19. The number of aryl methyl sites for hydroxylation is 1. The number of carbonyl (C=O) groups excluding carboxylic acids is 2. The Morgan fingerprint density at radius 1 is 1.04 bits per heavy atom. The summed E-state index contributed by atoms with van der Waals surface area (Å²) in [6, 6.07) is 12.9. The van der Waals surface area contributed by atoms with Crippen LogP contribution in [0.2, 0.25) is 0 Å². The van der Waals surface area contributed by atoms with E-state index in [0.717, 1.165) is 16.0 Å². The van der Waals surface area contributed by atoms with E-state index in [1.165, 1.54) is 18.2 Å². The first-order chi connectivity index (χ1) is 11.0. The van der Waals surface area contributed by atoms with Crippen molar-refractivity contribution in [2.75, 3.05) is 0 Å². The second-order valence-corrected chi connectivity index (χ2v) is 5.42. The van der Waals surface area contributed by atoms with Crippen LogP contribution in [0.3, 0.4) is 0 Å². The number of rotatable bonds is 3. The zero-order valence-corrected chi connectivity index (χ0v) is 12.5. The molecule has 0 atom stereocenters. The van der Waals surface area contributed by atoms with Gasteiger partial charge < -0.3 is 5.32 Å². The number of hydrogen-bond acceptors (Lipinski definition) is 2. The molecule has 23 heavy (non-hydrogen) atoms. The van der Waals surface area contributed by atoms with E-state index in [-0.39, 0.29) is 24.0 Å². The number of nitrogens with zero attached hydrogens (tertiary/aromatic N) is 1. The van der Waals surface area contributed by atoms with E-state index in [1.807, 2.05) is 31.2 Å². The summed E-state index contributed by atoms with van der Waals surface area (Å²) in [4.78, 5) is 25.5. The highest BCUT2D eigenvalue weighted by atomic mass is 19.1. The highest BCUT2D eigenvalue weighted by Gasteiger charge is 2.33. The van der Waals surface area contributed by atoms with Crippen LogP contribution >= 0.6 is 0 Å². The standard InChI is InChI=1S/C18H15FN2O2/c1-12-2-4-14(5-3-12)11-21-17(22)16(20-18(21)23)10-13-6-8-15(19)9-7-13/h2-10H,11H2,1H3,(H,20,23)/b16-10+. The van der Waals surface area contributed by atoms with E-state index >= 15 is 0 Å². The highest BCUT2D eigenvalue weighted by molar-refractivity contribution is 6.13. The number of urea groups is 1. The van der Waals surface area contributed by atoms with Gasteiger partial charge in [-0.25, -0.2) is 9.18 Å². The van der Waals surface area contributed by atoms with Crippen molar-refractivity contribution >= 4 is 18.0 Å². The lowest BCUT2D eigenvalue weighted by atomic mass is 10.1. The van der Waals surface area contributed by atoms with Gasteiger partial charge in [0.2, 0.25) is 0 Å². The molecule has 2 aromatic rings. The van der Waals surface area contributed by atoms with Gasteiger partial charge in [-0.15, -0.1) is 0 Å². The van der Waals surface area contributed by atoms with Crippen LogP contribution in [0, 0.1) is 12.7 Å². The molecule has 1 heterocycles. The number of amides is 3. The Morgan fingerprint density at radius 2 is 1.70 bits per heavy atom. The van der Waals surface area contributed by atoms with E-state index in [4.69, 9.17) is 0 Å². The number of carbonyl (C=O) groups is 2. The molecular weight excluding hydrogens is 295 g/mol. The van der Waals surface area contributed by atoms with Crippen molar-refractivity contribution in [3.63, 3.8) is 0 Å². The molecule has 0 saturated carbocycles. The maximum Gasteiger partial charge on any atom is 0.329 e. The summed E-state index contributed by atoms with van der Waals surface area (Å²) >= 11 is 0. The molecule has 4 nitrogen and oxygen atoms in total. The van der Waals surface area contributed by atoms with Gasteiger partial charge >= 0.3 is 6.03 Å². The first-order valence-electron chi connectivity index (χ1n) is 7.18. The van der Waals surface area contributed by atoms with Gasteiger partial charge in [-0.05, 0) is 36.3 Å². The quantitative estimate of drug-likeness (QED) is 0.699. The van der Waals surface area contributed by atoms with Crippen LogP contribution in [0.1, 0.15) is 16.7 Å². The highest BCUT2D eigenvalue weighted by Crippen LogP contribution is 2.17. The number of imide groups is 1. The minimum Gasteiger partial charge on any atom is -0.303 e. The molecule has 2 aromatic carbocycles. The van der Waals surface area contributed by atoms with E-state index < -0.39 is 6.03 Å². The molecule has 0 aliphatic carbocycles. The van der Waals surface area contributed by atoms with E-state index in [1.54, 1.807) is 12.1 Å². The average molecular weight is 310 g/mol. The van der Waals surface area contributed by atoms with E-state index in [9.17, 15) is 14.0 Å². The molecule has 1 N–H and O–H groups in total. The van der Waals surface area contributed by atoms with E-state index in [2.05, 4.69) is 5.32 Å². The predicted molar refractivity (Wildman–Crippen MR) is 84.6 cm³/mol. The van der Waals surface area contributed by atoms with Crippen molar-refractivity contribution in [1.29, 1.82) is 0 Å². The Bertz CT molecular complexity index is 780. The fourth-order valence-electron chi connectivity index (χ4n) is 2.32. The Kier molecular flexibility index (Phi) is 3.93. The minimum absolute atomic E-state index is 0.189. The van der Waals surface area contributed by atoms with Crippen molar-refractivity contribution in [3.05, 3.63) is 76.7 Å². The van der Waals surface area contributed by atoms with Gasteiger partial charge in [0.25, 0.3) is 5.91 Å². The summed E-state index contributed by atoms with van der Waals surface area (Å²) < 4.78 is 12.9. The molecule has 1 fully saturated rings. The van der Waals surface area contributed by atoms with Crippen LogP contribution in [0.25, 0.3) is 6.08 Å². The second kappa shape index (κ2) is 6.04. The summed E-state index contributed by atoms with van der Waals surface area (Å²) in [7, 11) is 0. The Morgan fingerprint density at radius 3 is 2.35 bits per heavy atom. The molecular formula is C18H15FN2O2. The molecule has 0 unspecified atom stereocenters. The van der Waals surface area contributed by atoms with Crippen LogP contribution in [-0.2, 0) is 11.3 Å². The molecule has 1 saturated heterocycles. The maximum atomic E-state index is 12.9. The van der Waals surface area contributed by atoms with Crippen molar-refractivity contribution in [2.45, 2.75) is 13.5 Å². The summed E-state index contributed by atoms with van der Waals surface area (Å²) in [5.74, 6) is -0.741. The van der Waals surface area contributed by atoms with Gasteiger partial charge in [0.05, 0.1) is 6.54 Å². The van der Waals surface area contributed by atoms with Crippen LogP contribution in [-0.4, -0.2) is 16.8 Å². The number of benzene rings is 2. The summed E-state index contributed by atoms with van der Waals surface area (Å²) in [5.41, 5.74) is 2.82. The zero-order valence-electron chi connectivity index (χ0n) is 12.5. The Hall–Kier alpha value is -2.95. The van der Waals surface area contributed by atoms with Gasteiger partial charge in [0, 0.05) is 0 Å². The zero-order chi connectivity index (χ0) is 16.4. The van der Waals surface area contributed by atoms with Gasteiger partial charge in [-0.3, -0.25) is 9.69 Å². The molecule has 116 valence electrons. The van der Waals surface area contributed by atoms with Crippen molar-refractivity contribution in [1.82, 2.24) is 10.2 Å². The number of hydrogen-bond donors (Lipinski definition) is 1. The predicted octanol–water partition coefficient (Wildman–Crippen LogP) is 3.23. The fraction of sp³-hybridized carbons (Fsp3) is 0.111. The van der Waals surface area contributed by atoms with Crippen LogP contribution in [0.5, 0.6) is 0 Å². The van der Waals surface area contributed by atoms with Crippen molar-refractivity contribution < 1.29 is 14.0 Å².